The van der Waals surface area contributed by atoms with Gasteiger partial charge in [0.15, 0.2) is 5.79 Å². The summed E-state index contributed by atoms with van der Waals surface area (Å²) in [4.78, 5) is 0. The van der Waals surface area contributed by atoms with E-state index in [4.69, 9.17) is 9.47 Å². The van der Waals surface area contributed by atoms with Crippen LogP contribution in [0.15, 0.2) is 12.7 Å². The second-order valence-electron chi connectivity index (χ2n) is 3.90. The molecule has 12 heavy (non-hydrogen) atoms. The first-order valence-electron chi connectivity index (χ1n) is 4.45. The Labute approximate surface area is 74.6 Å². The van der Waals surface area contributed by atoms with Crippen molar-refractivity contribution in [2.75, 3.05) is 0 Å². The lowest BCUT2D eigenvalue weighted by atomic mass is 9.98. The van der Waals surface area contributed by atoms with Crippen LogP contribution in [-0.4, -0.2) is 17.5 Å². The van der Waals surface area contributed by atoms with E-state index in [-0.39, 0.29) is 11.7 Å². The second-order valence-corrected chi connectivity index (χ2v) is 3.90. The Morgan fingerprint density at radius 1 is 1.42 bits per heavy atom. The molecule has 1 saturated heterocycles. The number of hydrogen-bond acceptors (Lipinski definition) is 2. The van der Waals surface area contributed by atoms with Crippen LogP contribution in [0.5, 0.6) is 0 Å². The lowest BCUT2D eigenvalue weighted by Gasteiger charge is -2.24. The molecule has 0 saturated carbocycles. The van der Waals surface area contributed by atoms with E-state index in [9.17, 15) is 0 Å². The minimum Gasteiger partial charge on any atom is -0.344 e. The van der Waals surface area contributed by atoms with E-state index in [2.05, 4.69) is 13.5 Å². The Balaban J connectivity index is 2.82. The molecule has 1 rings (SSSR count). The predicted octanol–water partition coefficient (Wildman–Crippen LogP) is 2.49. The van der Waals surface area contributed by atoms with Crippen molar-refractivity contribution in [1.29, 1.82) is 0 Å². The average Bonchev–Trinajstić information content (AvgIpc) is 2.22. The summed E-state index contributed by atoms with van der Waals surface area (Å²) in [6, 6.07) is 0. The molecule has 0 aromatic rings. The fraction of sp³-hybridized carbons (Fsp3) is 0.800. The van der Waals surface area contributed by atoms with Gasteiger partial charge in [-0.2, -0.15) is 0 Å². The van der Waals surface area contributed by atoms with Gasteiger partial charge in [0.2, 0.25) is 0 Å². The van der Waals surface area contributed by atoms with Crippen molar-refractivity contribution in [3.05, 3.63) is 12.7 Å². The normalized spacial score (nSPS) is 39.8. The van der Waals surface area contributed by atoms with Crippen LogP contribution >= 0.6 is 0 Å². The highest BCUT2D eigenvalue weighted by Gasteiger charge is 2.47. The summed E-state index contributed by atoms with van der Waals surface area (Å²) < 4.78 is 11.5. The van der Waals surface area contributed by atoms with Crippen molar-refractivity contribution >= 4 is 0 Å². The lowest BCUT2D eigenvalue weighted by Crippen LogP contribution is -2.33. The zero-order chi connectivity index (χ0) is 9.41. The molecule has 0 spiro atoms. The van der Waals surface area contributed by atoms with E-state index in [0.29, 0.717) is 0 Å². The van der Waals surface area contributed by atoms with Gasteiger partial charge >= 0.3 is 0 Å². The standard InChI is InChI=1S/C10H18O2/c1-6-8-10(5,7-2)12-9(3,4)11-8/h7-8H,2,6H2,1,3-5H3/t8-,10-/m0/s1. The molecule has 1 aliphatic heterocycles. The Morgan fingerprint density at radius 2 is 2.00 bits per heavy atom. The molecule has 70 valence electrons. The number of ether oxygens (including phenoxy) is 2. The summed E-state index contributed by atoms with van der Waals surface area (Å²) in [5, 5.41) is 0. The van der Waals surface area contributed by atoms with E-state index in [1.807, 2.05) is 26.8 Å². The first-order chi connectivity index (χ1) is 5.43. The van der Waals surface area contributed by atoms with Crippen LogP contribution < -0.4 is 0 Å². The minimum atomic E-state index is -0.469. The highest BCUT2D eigenvalue weighted by Crippen LogP contribution is 2.38. The largest absolute Gasteiger partial charge is 0.344 e. The highest BCUT2D eigenvalue weighted by atomic mass is 16.8. The van der Waals surface area contributed by atoms with Crippen molar-refractivity contribution in [2.45, 2.75) is 51.6 Å². The maximum Gasteiger partial charge on any atom is 0.164 e. The Bertz CT molecular complexity index is 186. The Morgan fingerprint density at radius 3 is 2.33 bits per heavy atom. The molecule has 0 bridgehead atoms. The summed E-state index contributed by atoms with van der Waals surface area (Å²) in [5.41, 5.74) is -0.321. The summed E-state index contributed by atoms with van der Waals surface area (Å²) in [5.74, 6) is -0.469. The molecule has 0 amide bonds. The highest BCUT2D eigenvalue weighted by molar-refractivity contribution is 5.04. The van der Waals surface area contributed by atoms with Gasteiger partial charge in [-0.3, -0.25) is 0 Å². The van der Waals surface area contributed by atoms with Crippen molar-refractivity contribution in [2.24, 2.45) is 0 Å². The molecular weight excluding hydrogens is 152 g/mol. The van der Waals surface area contributed by atoms with Crippen molar-refractivity contribution < 1.29 is 9.47 Å². The third-order valence-corrected chi connectivity index (χ3v) is 2.31. The van der Waals surface area contributed by atoms with Crippen LogP contribution in [0.4, 0.5) is 0 Å². The van der Waals surface area contributed by atoms with E-state index in [1.165, 1.54) is 0 Å². The summed E-state index contributed by atoms with van der Waals surface area (Å²) in [7, 11) is 0. The molecule has 0 aromatic carbocycles. The average molecular weight is 170 g/mol. The Kier molecular flexibility index (Phi) is 2.32. The SMILES string of the molecule is C=C[C@]1(C)OC(C)(C)O[C@H]1CC. The van der Waals surface area contributed by atoms with Crippen molar-refractivity contribution in [1.82, 2.24) is 0 Å². The molecule has 0 unspecified atom stereocenters. The molecule has 2 nitrogen and oxygen atoms in total. The van der Waals surface area contributed by atoms with Crippen LogP contribution in [0.3, 0.4) is 0 Å². The van der Waals surface area contributed by atoms with Crippen molar-refractivity contribution in [3.63, 3.8) is 0 Å². The van der Waals surface area contributed by atoms with Gasteiger partial charge in [-0.1, -0.05) is 13.0 Å². The third-order valence-electron chi connectivity index (χ3n) is 2.31. The first-order valence-corrected chi connectivity index (χ1v) is 4.45. The van der Waals surface area contributed by atoms with Crippen LogP contribution in [0, 0.1) is 0 Å². The van der Waals surface area contributed by atoms with Crippen LogP contribution in [0.2, 0.25) is 0 Å². The van der Waals surface area contributed by atoms with E-state index >= 15 is 0 Å². The smallest absolute Gasteiger partial charge is 0.164 e. The summed E-state index contributed by atoms with van der Waals surface area (Å²) >= 11 is 0. The maximum atomic E-state index is 5.75. The number of hydrogen-bond donors (Lipinski definition) is 0. The van der Waals surface area contributed by atoms with Gasteiger partial charge in [0.05, 0.1) is 6.10 Å². The Hall–Kier alpha value is -0.340. The van der Waals surface area contributed by atoms with Gasteiger partial charge in [0, 0.05) is 0 Å². The zero-order valence-corrected chi connectivity index (χ0v) is 8.39. The van der Waals surface area contributed by atoms with Gasteiger partial charge in [0.25, 0.3) is 0 Å². The zero-order valence-electron chi connectivity index (χ0n) is 8.39. The third kappa shape index (κ3) is 1.54. The first kappa shape index (κ1) is 9.75. The molecule has 1 heterocycles. The molecule has 1 fully saturated rings. The topological polar surface area (TPSA) is 18.5 Å². The fourth-order valence-electron chi connectivity index (χ4n) is 1.74. The fourth-order valence-corrected chi connectivity index (χ4v) is 1.74. The molecule has 0 aliphatic carbocycles. The molecular formula is C10H18O2. The van der Waals surface area contributed by atoms with Crippen molar-refractivity contribution in [3.8, 4) is 0 Å². The minimum absolute atomic E-state index is 0.130. The lowest BCUT2D eigenvalue weighted by molar-refractivity contribution is -0.153. The molecule has 0 N–H and O–H groups in total. The molecule has 1 aliphatic rings. The van der Waals surface area contributed by atoms with Gasteiger partial charge in [-0.05, 0) is 27.2 Å². The van der Waals surface area contributed by atoms with Crippen LogP contribution in [0.1, 0.15) is 34.1 Å². The maximum absolute atomic E-state index is 5.75. The summed E-state index contributed by atoms with van der Waals surface area (Å²) in [6.45, 7) is 11.8. The quantitative estimate of drug-likeness (QED) is 0.593. The predicted molar refractivity (Wildman–Crippen MR) is 48.9 cm³/mol. The second kappa shape index (κ2) is 2.86. The van der Waals surface area contributed by atoms with Gasteiger partial charge in [0.1, 0.15) is 5.60 Å². The molecule has 2 atom stereocenters. The molecule has 0 aromatic heterocycles. The van der Waals surface area contributed by atoms with Crippen LogP contribution in [-0.2, 0) is 9.47 Å². The van der Waals surface area contributed by atoms with E-state index < -0.39 is 5.79 Å². The van der Waals surface area contributed by atoms with E-state index in [0.717, 1.165) is 6.42 Å². The van der Waals surface area contributed by atoms with Gasteiger partial charge in [-0.15, -0.1) is 6.58 Å². The molecule has 0 radical (unpaired) electrons. The van der Waals surface area contributed by atoms with Gasteiger partial charge < -0.3 is 9.47 Å². The summed E-state index contributed by atoms with van der Waals surface area (Å²) in [6.07, 6.45) is 2.91. The molecule has 2 heteroatoms. The monoisotopic (exact) mass is 170 g/mol. The number of rotatable bonds is 2. The van der Waals surface area contributed by atoms with E-state index in [1.54, 1.807) is 0 Å². The van der Waals surface area contributed by atoms with Crippen LogP contribution in [0.25, 0.3) is 0 Å². The van der Waals surface area contributed by atoms with Gasteiger partial charge in [-0.25, -0.2) is 0 Å².